The van der Waals surface area contributed by atoms with Crippen LogP contribution in [0.1, 0.15) is 20.0 Å². The Morgan fingerprint density at radius 2 is 1.09 bits per heavy atom. The van der Waals surface area contributed by atoms with Crippen LogP contribution in [0.5, 0.6) is 11.5 Å². The fourth-order valence-corrected chi connectivity index (χ4v) is 3.46. The third-order valence-electron chi connectivity index (χ3n) is 5.15. The molecule has 0 aliphatic carbocycles. The third kappa shape index (κ3) is 14.2. The highest BCUT2D eigenvalue weighted by atomic mass is 79.9. The van der Waals surface area contributed by atoms with E-state index >= 15 is 0 Å². The first-order valence-electron chi connectivity index (χ1n) is 11.9. The van der Waals surface area contributed by atoms with Crippen LogP contribution in [-0.2, 0) is 0 Å². The molecule has 2 N–H and O–H groups in total. The molecule has 46 heavy (non-hydrogen) atoms. The van der Waals surface area contributed by atoms with Crippen LogP contribution in [0.2, 0.25) is 0 Å². The van der Waals surface area contributed by atoms with Gasteiger partial charge in [-0.05, 0) is 94.4 Å². The maximum atomic E-state index is 13.7. The Labute approximate surface area is 269 Å². The number of halogens is 11. The number of hydrogen-bond acceptors (Lipinski definition) is 4. The maximum absolute atomic E-state index is 13.7. The summed E-state index contributed by atoms with van der Waals surface area (Å²) in [6.45, 7) is 3.54. The quantitative estimate of drug-likeness (QED) is 0.163. The van der Waals surface area contributed by atoms with Gasteiger partial charge in [-0.1, -0.05) is 37.8 Å². The van der Waals surface area contributed by atoms with E-state index in [2.05, 4.69) is 25.4 Å². The highest BCUT2D eigenvalue weighted by molar-refractivity contribution is 9.10. The van der Waals surface area contributed by atoms with E-state index in [0.717, 1.165) is 29.8 Å². The molecule has 4 rings (SSSR count). The van der Waals surface area contributed by atoms with E-state index in [1.165, 1.54) is 18.2 Å². The molecule has 3 radical (unpaired) electrons. The molecule has 0 heterocycles. The number of ether oxygens (including phenoxy) is 2. The van der Waals surface area contributed by atoms with Gasteiger partial charge >= 0.3 is 19.8 Å². The van der Waals surface area contributed by atoms with Crippen LogP contribution in [0.25, 0.3) is 11.1 Å². The summed E-state index contributed by atoms with van der Waals surface area (Å²) in [7, 11) is -1.94. The molecule has 0 aliphatic heterocycles. The van der Waals surface area contributed by atoms with Crippen LogP contribution in [-0.4, -0.2) is 38.3 Å². The molecular weight excluding hydrogens is 704 g/mol. The molecule has 0 aromatic heterocycles. The molecule has 0 saturated carbocycles. The van der Waals surface area contributed by atoms with E-state index in [0.29, 0.717) is 22.2 Å². The van der Waals surface area contributed by atoms with E-state index in [-0.39, 0.29) is 39.7 Å². The van der Waals surface area contributed by atoms with Crippen LogP contribution in [0.4, 0.5) is 43.9 Å². The summed E-state index contributed by atoms with van der Waals surface area (Å²) in [6.07, 6.45) is -9.96. The Morgan fingerprint density at radius 1 is 0.630 bits per heavy atom. The van der Waals surface area contributed by atoms with Gasteiger partial charge in [0.1, 0.15) is 11.6 Å². The van der Waals surface area contributed by atoms with Crippen molar-refractivity contribution >= 4 is 36.9 Å². The van der Waals surface area contributed by atoms with Gasteiger partial charge in [0.25, 0.3) is 0 Å². The summed E-state index contributed by atoms with van der Waals surface area (Å²) in [5.41, 5.74) is 1.60. The van der Waals surface area contributed by atoms with Crippen molar-refractivity contribution in [2.75, 3.05) is 0 Å². The van der Waals surface area contributed by atoms with Gasteiger partial charge in [0.15, 0.2) is 23.1 Å². The topological polar surface area (TPSA) is 58.9 Å². The smallest absolute Gasteiger partial charge is 0.423 e. The van der Waals surface area contributed by atoms with Crippen LogP contribution >= 0.6 is 15.9 Å². The first kappa shape index (κ1) is 42.3. The third-order valence-corrected chi connectivity index (χ3v) is 5.79. The first-order chi connectivity index (χ1) is 20.3. The Morgan fingerprint density at radius 3 is 1.48 bits per heavy atom. The van der Waals surface area contributed by atoms with E-state index in [1.807, 2.05) is 13.0 Å². The zero-order valence-electron chi connectivity index (χ0n) is 23.0. The molecule has 4 aromatic rings. The van der Waals surface area contributed by atoms with Gasteiger partial charge in [-0.2, -0.15) is 0 Å². The summed E-state index contributed by atoms with van der Waals surface area (Å²) in [6, 6.07) is 14.3. The molecule has 249 valence electrons. The number of benzene rings is 4. The lowest BCUT2D eigenvalue weighted by Gasteiger charge is -2.11. The van der Waals surface area contributed by atoms with Crippen molar-refractivity contribution in [3.63, 3.8) is 0 Å². The fourth-order valence-electron chi connectivity index (χ4n) is 3.22. The van der Waals surface area contributed by atoms with Crippen molar-refractivity contribution in [1.29, 1.82) is 0 Å². The summed E-state index contributed by atoms with van der Waals surface area (Å²) in [5.74, 6) is -5.28. The second-order valence-corrected chi connectivity index (χ2v) is 9.56. The molecular formula is C29H26B2BrF10O4. The molecule has 0 bridgehead atoms. The first-order valence-corrected chi connectivity index (χ1v) is 12.7. The molecule has 17 heteroatoms. The largest absolute Gasteiger partial charge is 0.573 e. The second kappa shape index (κ2) is 17.9. The lowest BCUT2D eigenvalue weighted by molar-refractivity contribution is -0.276. The number of alkyl halides is 6. The SMILES string of the molecule is C.Cc1ccc(-c2ccc(OC(F)(F)F)c(F)c2)c(F)c1.Cc1ccc(Br)c(F)c1.OB(O)c1ccc(OC(F)(F)F)c(F)c1.[2HH].[B]. The van der Waals surface area contributed by atoms with Gasteiger partial charge in [0.05, 0.1) is 4.47 Å². The van der Waals surface area contributed by atoms with E-state index < -0.39 is 48.8 Å². The minimum Gasteiger partial charge on any atom is -0.423 e. The van der Waals surface area contributed by atoms with Crippen LogP contribution < -0.4 is 14.9 Å². The highest BCUT2D eigenvalue weighted by Gasteiger charge is 2.33. The highest BCUT2D eigenvalue weighted by Crippen LogP contribution is 2.31. The van der Waals surface area contributed by atoms with Crippen LogP contribution in [0, 0.1) is 37.1 Å². The summed E-state index contributed by atoms with van der Waals surface area (Å²) in [5, 5.41) is 17.2. The zero-order valence-corrected chi connectivity index (χ0v) is 24.5. The van der Waals surface area contributed by atoms with Crippen LogP contribution in [0.15, 0.2) is 77.3 Å². The Hall–Kier alpha value is -3.69. The van der Waals surface area contributed by atoms with Gasteiger partial charge in [-0.3, -0.25) is 0 Å². The Bertz CT molecular complexity index is 1580. The molecule has 0 atom stereocenters. The molecule has 0 aliphatic rings. The predicted molar refractivity (Wildman–Crippen MR) is 160 cm³/mol. The van der Waals surface area contributed by atoms with Gasteiger partial charge < -0.3 is 19.5 Å². The van der Waals surface area contributed by atoms with Gasteiger partial charge in [0, 0.05) is 15.4 Å². The Balaban J connectivity index is 0. The average Bonchev–Trinajstić information content (AvgIpc) is 2.88. The second-order valence-electron chi connectivity index (χ2n) is 8.71. The van der Waals surface area contributed by atoms with E-state index in [1.54, 1.807) is 19.1 Å². The van der Waals surface area contributed by atoms with E-state index in [9.17, 15) is 43.9 Å². The van der Waals surface area contributed by atoms with Gasteiger partial charge in [-0.25, -0.2) is 17.6 Å². The minimum atomic E-state index is -4.99. The summed E-state index contributed by atoms with van der Waals surface area (Å²) in [4.78, 5) is 0. The number of aryl methyl sites for hydroxylation is 2. The molecule has 0 fully saturated rings. The van der Waals surface area contributed by atoms with Gasteiger partial charge in [-0.15, -0.1) is 26.3 Å². The zero-order chi connectivity index (χ0) is 33.4. The molecule has 4 nitrogen and oxygen atoms in total. The number of rotatable bonds is 4. The standard InChI is InChI=1S/C14H9F5O.C7H5BF4O3.C7H6BrF.CH4.B.H2/c1-8-2-4-10(11(15)6-8)9-3-5-13(12(16)7-9)20-14(17,18)19;9-5-3-4(8(13)14)1-2-6(5)15-7(10,11)12;1-5-2-3-6(8)7(9)4-5;;;/h2-7H,1H3;1-3,13-14H;2-4H,1H3;1H4;;1H/i;;;;;1+1. The van der Waals surface area contributed by atoms with Gasteiger partial charge in [0.2, 0.25) is 0 Å². The molecule has 4 aromatic carbocycles. The van der Waals surface area contributed by atoms with Crippen molar-refractivity contribution in [3.05, 3.63) is 112 Å². The molecule has 0 spiro atoms. The minimum absolute atomic E-state index is 0. The monoisotopic (exact) mass is 730 g/mol. The summed E-state index contributed by atoms with van der Waals surface area (Å²) < 4.78 is 131. The molecule has 0 saturated heterocycles. The molecule has 0 unspecified atom stereocenters. The number of hydrogen-bond donors (Lipinski definition) is 2. The van der Waals surface area contributed by atoms with Crippen molar-refractivity contribution < 1.29 is 64.9 Å². The summed E-state index contributed by atoms with van der Waals surface area (Å²) >= 11 is 3.05. The molecule has 0 amide bonds. The van der Waals surface area contributed by atoms with Crippen molar-refractivity contribution in [2.24, 2.45) is 0 Å². The normalized spacial score (nSPS) is 10.6. The lowest BCUT2D eigenvalue weighted by atomic mass is 9.80. The maximum Gasteiger partial charge on any atom is 0.573 e. The van der Waals surface area contributed by atoms with Crippen molar-refractivity contribution in [1.82, 2.24) is 0 Å². The average molecular weight is 731 g/mol. The van der Waals surface area contributed by atoms with Crippen molar-refractivity contribution in [2.45, 2.75) is 34.0 Å². The van der Waals surface area contributed by atoms with Crippen molar-refractivity contribution in [3.8, 4) is 22.6 Å². The lowest BCUT2D eigenvalue weighted by Crippen LogP contribution is -2.30. The fraction of sp³-hybridized carbons (Fsp3) is 0.172. The van der Waals surface area contributed by atoms with E-state index in [4.69, 9.17) is 10.0 Å². The van der Waals surface area contributed by atoms with Crippen LogP contribution in [0.3, 0.4) is 0 Å². The predicted octanol–water partition coefficient (Wildman–Crippen LogP) is 8.64. The Kier molecular flexibility index (Phi) is 16.4.